The molecule has 2 N–H and O–H groups in total. The van der Waals surface area contributed by atoms with Crippen molar-refractivity contribution in [3.05, 3.63) is 30.1 Å². The second kappa shape index (κ2) is 8.53. The number of thioether (sulfide) groups is 1. The van der Waals surface area contributed by atoms with Crippen LogP contribution in [0.25, 0.3) is 0 Å². The Hall–Kier alpha value is -2.09. The number of amides is 3. The summed E-state index contributed by atoms with van der Waals surface area (Å²) in [6.45, 7) is 1.23. The van der Waals surface area contributed by atoms with E-state index in [-0.39, 0.29) is 41.0 Å². The van der Waals surface area contributed by atoms with E-state index < -0.39 is 0 Å². The summed E-state index contributed by atoms with van der Waals surface area (Å²) in [6, 6.07) is 5.94. The lowest BCUT2D eigenvalue weighted by atomic mass is 10.1. The summed E-state index contributed by atoms with van der Waals surface area (Å²) in [6.07, 6.45) is 2.70. The summed E-state index contributed by atoms with van der Waals surface area (Å²) < 4.78 is 12.8. The van der Waals surface area contributed by atoms with Crippen LogP contribution in [-0.2, 0) is 14.4 Å². The van der Waals surface area contributed by atoms with Crippen LogP contribution in [0.4, 0.5) is 10.1 Å². The number of halogens is 1. The van der Waals surface area contributed by atoms with Crippen molar-refractivity contribution in [2.75, 3.05) is 29.9 Å². The topological polar surface area (TPSA) is 78.5 Å². The highest BCUT2D eigenvalue weighted by atomic mass is 32.2. The van der Waals surface area contributed by atoms with E-state index in [1.807, 2.05) is 4.90 Å². The summed E-state index contributed by atoms with van der Waals surface area (Å²) in [5, 5.41) is 5.49. The lowest BCUT2D eigenvalue weighted by Crippen LogP contribution is -2.33. The molecule has 0 spiro atoms. The van der Waals surface area contributed by atoms with Gasteiger partial charge in [0.15, 0.2) is 0 Å². The van der Waals surface area contributed by atoms with Gasteiger partial charge in [-0.15, -0.1) is 11.8 Å². The molecule has 0 radical (unpaired) electrons. The van der Waals surface area contributed by atoms with Crippen molar-refractivity contribution < 1.29 is 18.8 Å². The molecule has 1 aromatic rings. The first-order valence-corrected chi connectivity index (χ1v) is 9.86. The molecule has 3 rings (SSSR count). The van der Waals surface area contributed by atoms with E-state index in [2.05, 4.69) is 10.6 Å². The van der Waals surface area contributed by atoms with E-state index in [4.69, 9.17) is 0 Å². The van der Waals surface area contributed by atoms with Gasteiger partial charge in [0.25, 0.3) is 0 Å². The van der Waals surface area contributed by atoms with E-state index in [1.54, 1.807) is 0 Å². The maximum absolute atomic E-state index is 12.8. The second-order valence-electron chi connectivity index (χ2n) is 6.70. The molecule has 0 unspecified atom stereocenters. The van der Waals surface area contributed by atoms with Crippen molar-refractivity contribution in [2.45, 2.75) is 25.3 Å². The maximum Gasteiger partial charge on any atom is 0.234 e. The van der Waals surface area contributed by atoms with Crippen LogP contribution in [0.1, 0.15) is 19.3 Å². The summed E-state index contributed by atoms with van der Waals surface area (Å²) in [5.41, 5.74) is 0.521. The Morgan fingerprint density at radius 2 is 1.85 bits per heavy atom. The molecular weight excluding hydrogens is 357 g/mol. The molecule has 2 fully saturated rings. The Morgan fingerprint density at radius 3 is 2.54 bits per heavy atom. The average Bonchev–Trinajstić information content (AvgIpc) is 3.38. The quantitative estimate of drug-likeness (QED) is 0.720. The molecular formula is C18H22FN3O3S. The van der Waals surface area contributed by atoms with Crippen molar-refractivity contribution in [3.8, 4) is 0 Å². The lowest BCUT2D eigenvalue weighted by molar-refractivity contribution is -0.128. The number of hydrogen-bond acceptors (Lipinski definition) is 4. The molecule has 140 valence electrons. The SMILES string of the molecule is O=C(CSCC(=O)Nc1ccc(F)cc1)NC[C@H]1CC(=O)N(C2CC2)C1. The van der Waals surface area contributed by atoms with Crippen molar-refractivity contribution in [1.29, 1.82) is 0 Å². The Kier molecular flexibility index (Phi) is 6.13. The number of nitrogens with zero attached hydrogens (tertiary/aromatic N) is 1. The number of rotatable bonds is 8. The van der Waals surface area contributed by atoms with E-state index in [0.717, 1.165) is 19.4 Å². The number of carbonyl (C=O) groups excluding carboxylic acids is 3. The van der Waals surface area contributed by atoms with Crippen LogP contribution in [0.2, 0.25) is 0 Å². The number of hydrogen-bond donors (Lipinski definition) is 2. The van der Waals surface area contributed by atoms with Gasteiger partial charge in [-0.3, -0.25) is 14.4 Å². The van der Waals surface area contributed by atoms with Gasteiger partial charge in [-0.25, -0.2) is 4.39 Å². The summed E-state index contributed by atoms with van der Waals surface area (Å²) >= 11 is 1.21. The summed E-state index contributed by atoms with van der Waals surface area (Å²) in [5.74, 6) is -0.0418. The minimum Gasteiger partial charge on any atom is -0.355 e. The van der Waals surface area contributed by atoms with Crippen LogP contribution in [-0.4, -0.2) is 53.3 Å². The van der Waals surface area contributed by atoms with Gasteiger partial charge >= 0.3 is 0 Å². The molecule has 1 saturated carbocycles. The molecule has 1 aliphatic carbocycles. The van der Waals surface area contributed by atoms with Crippen LogP contribution in [0.3, 0.4) is 0 Å². The average molecular weight is 379 g/mol. The zero-order chi connectivity index (χ0) is 18.5. The van der Waals surface area contributed by atoms with Gasteiger partial charge in [-0.05, 0) is 37.1 Å². The minimum absolute atomic E-state index is 0.137. The minimum atomic E-state index is -0.363. The molecule has 0 aromatic heterocycles. The third kappa shape index (κ3) is 5.45. The van der Waals surface area contributed by atoms with Crippen LogP contribution >= 0.6 is 11.8 Å². The van der Waals surface area contributed by atoms with Gasteiger partial charge in [-0.2, -0.15) is 0 Å². The van der Waals surface area contributed by atoms with Crippen LogP contribution in [0, 0.1) is 11.7 Å². The van der Waals surface area contributed by atoms with Crippen molar-refractivity contribution >= 4 is 35.2 Å². The monoisotopic (exact) mass is 379 g/mol. The Morgan fingerprint density at radius 1 is 1.15 bits per heavy atom. The maximum atomic E-state index is 12.8. The molecule has 6 nitrogen and oxygen atoms in total. The molecule has 2 aliphatic rings. The molecule has 1 saturated heterocycles. The fourth-order valence-corrected chi connectivity index (χ4v) is 3.61. The second-order valence-corrected chi connectivity index (χ2v) is 7.68. The zero-order valence-corrected chi connectivity index (χ0v) is 15.2. The fourth-order valence-electron chi connectivity index (χ4n) is 2.96. The van der Waals surface area contributed by atoms with Gasteiger partial charge in [0.05, 0.1) is 11.5 Å². The van der Waals surface area contributed by atoms with Crippen molar-refractivity contribution in [2.24, 2.45) is 5.92 Å². The van der Waals surface area contributed by atoms with Crippen LogP contribution in [0.5, 0.6) is 0 Å². The third-order valence-electron chi connectivity index (χ3n) is 4.41. The summed E-state index contributed by atoms with van der Waals surface area (Å²) in [4.78, 5) is 37.5. The first-order valence-electron chi connectivity index (χ1n) is 8.70. The van der Waals surface area contributed by atoms with E-state index in [0.29, 0.717) is 24.7 Å². The van der Waals surface area contributed by atoms with Crippen molar-refractivity contribution in [1.82, 2.24) is 10.2 Å². The molecule has 1 aliphatic heterocycles. The van der Waals surface area contributed by atoms with Gasteiger partial charge in [-0.1, -0.05) is 0 Å². The fraction of sp³-hybridized carbons (Fsp3) is 0.500. The molecule has 8 heteroatoms. The Bertz CT molecular complexity index is 679. The molecule has 1 atom stereocenters. The highest BCUT2D eigenvalue weighted by Gasteiger charge is 2.39. The van der Waals surface area contributed by atoms with Gasteiger partial charge in [0, 0.05) is 37.2 Å². The largest absolute Gasteiger partial charge is 0.355 e. The van der Waals surface area contributed by atoms with E-state index >= 15 is 0 Å². The van der Waals surface area contributed by atoms with Gasteiger partial charge < -0.3 is 15.5 Å². The highest BCUT2D eigenvalue weighted by Crippen LogP contribution is 2.32. The molecule has 0 bridgehead atoms. The zero-order valence-electron chi connectivity index (χ0n) is 14.4. The number of carbonyl (C=O) groups is 3. The molecule has 1 aromatic carbocycles. The summed E-state index contributed by atoms with van der Waals surface area (Å²) in [7, 11) is 0. The van der Waals surface area contributed by atoms with Crippen LogP contribution in [0.15, 0.2) is 24.3 Å². The molecule has 26 heavy (non-hydrogen) atoms. The van der Waals surface area contributed by atoms with Crippen LogP contribution < -0.4 is 10.6 Å². The smallest absolute Gasteiger partial charge is 0.234 e. The first kappa shape index (κ1) is 18.7. The Balaban J connectivity index is 1.28. The number of nitrogens with one attached hydrogen (secondary N) is 2. The molecule has 3 amide bonds. The van der Waals surface area contributed by atoms with Gasteiger partial charge in [0.1, 0.15) is 5.82 Å². The van der Waals surface area contributed by atoms with Gasteiger partial charge in [0.2, 0.25) is 17.7 Å². The number of likely N-dealkylation sites (tertiary alicyclic amines) is 1. The predicted molar refractivity (Wildman–Crippen MR) is 98.2 cm³/mol. The normalized spacial score (nSPS) is 19.5. The van der Waals surface area contributed by atoms with E-state index in [9.17, 15) is 18.8 Å². The predicted octanol–water partition coefficient (Wildman–Crippen LogP) is 1.62. The number of anilines is 1. The van der Waals surface area contributed by atoms with Crippen molar-refractivity contribution in [3.63, 3.8) is 0 Å². The highest BCUT2D eigenvalue weighted by molar-refractivity contribution is 8.00. The standard InChI is InChI=1S/C18H22FN3O3S/c19-13-1-3-14(4-2-13)21-17(24)11-26-10-16(23)20-8-12-7-18(25)22(9-12)15-5-6-15/h1-4,12,15H,5-11H2,(H,20,23)(H,21,24)/t12-/m1/s1. The van der Waals surface area contributed by atoms with E-state index in [1.165, 1.54) is 36.0 Å². The Labute approximate surface area is 155 Å². The number of benzene rings is 1. The third-order valence-corrected chi connectivity index (χ3v) is 5.34. The lowest BCUT2D eigenvalue weighted by Gasteiger charge is -2.15. The molecule has 1 heterocycles. The first-order chi connectivity index (χ1) is 12.5.